The first-order valence-electron chi connectivity index (χ1n) is 19.8. The van der Waals surface area contributed by atoms with Gasteiger partial charge in [-0.25, -0.2) is 0 Å². The van der Waals surface area contributed by atoms with E-state index in [9.17, 15) is 0 Å². The molecule has 0 saturated carbocycles. The van der Waals surface area contributed by atoms with E-state index >= 15 is 0 Å². The van der Waals surface area contributed by atoms with Crippen LogP contribution < -0.4 is 4.90 Å². The second-order valence-electron chi connectivity index (χ2n) is 15.2. The Morgan fingerprint density at radius 2 is 0.776 bits per heavy atom. The number of hydrogen-bond acceptors (Lipinski definition) is 3. The van der Waals surface area contributed by atoms with Crippen LogP contribution in [0, 0.1) is 0 Å². The van der Waals surface area contributed by atoms with Crippen molar-refractivity contribution >= 4 is 80.1 Å². The molecule has 0 radical (unpaired) electrons. The quantitative estimate of drug-likeness (QED) is 0.163. The predicted molar refractivity (Wildman–Crippen MR) is 250 cm³/mol. The average molecular weight is 774 g/mol. The summed E-state index contributed by atoms with van der Waals surface area (Å²) >= 11 is 3.73. The third-order valence-electron chi connectivity index (χ3n) is 12.2. The van der Waals surface area contributed by atoms with Crippen molar-refractivity contribution < 1.29 is 0 Å². The molecule has 0 atom stereocenters. The van der Waals surface area contributed by atoms with Gasteiger partial charge >= 0.3 is 0 Å². The summed E-state index contributed by atoms with van der Waals surface area (Å²) in [6.45, 7) is 0. The number of hydrogen-bond donors (Lipinski definition) is 0. The fourth-order valence-electron chi connectivity index (χ4n) is 9.58. The van der Waals surface area contributed by atoms with Crippen molar-refractivity contribution in [2.24, 2.45) is 0 Å². The van der Waals surface area contributed by atoms with E-state index in [0.29, 0.717) is 0 Å². The van der Waals surface area contributed by atoms with Crippen LogP contribution in [0.5, 0.6) is 0 Å². The number of nitrogens with zero attached hydrogens (tertiary/aromatic N) is 1. The minimum Gasteiger partial charge on any atom is -0.310 e. The Hall–Kier alpha value is -6.78. The maximum absolute atomic E-state index is 2.45. The Balaban J connectivity index is 1.01. The Morgan fingerprint density at radius 1 is 0.310 bits per heavy atom. The van der Waals surface area contributed by atoms with Gasteiger partial charge in [0.05, 0.1) is 5.41 Å². The molecule has 0 spiro atoms. The fraction of sp³-hybridized carbons (Fsp3) is 0.0182. The first-order valence-corrected chi connectivity index (χ1v) is 21.5. The number of thiophene rings is 2. The van der Waals surface area contributed by atoms with Gasteiger partial charge in [-0.15, -0.1) is 22.7 Å². The SMILES string of the molecule is c1ccc(C2(c3ccccc3)c3ccccc3-c3ccc(-c4ccc(N(c5ccc6c(c5)sc5ccccc56)c5ccc6c(c5)sc5ccccc56)cc4)cc32)cc1. The highest BCUT2D eigenvalue weighted by atomic mass is 32.1. The number of rotatable bonds is 6. The maximum atomic E-state index is 2.45. The molecular formula is C55H35NS2. The van der Waals surface area contributed by atoms with Crippen LogP contribution in [-0.4, -0.2) is 0 Å². The first-order chi connectivity index (χ1) is 28.7. The minimum absolute atomic E-state index is 0.433. The number of benzene rings is 9. The van der Waals surface area contributed by atoms with E-state index in [1.165, 1.54) is 84.9 Å². The monoisotopic (exact) mass is 773 g/mol. The van der Waals surface area contributed by atoms with Crippen molar-refractivity contribution in [3.05, 3.63) is 235 Å². The van der Waals surface area contributed by atoms with Crippen LogP contribution in [0.25, 0.3) is 62.6 Å². The zero-order chi connectivity index (χ0) is 38.2. The molecule has 0 N–H and O–H groups in total. The van der Waals surface area contributed by atoms with Crippen LogP contribution in [0.1, 0.15) is 22.3 Å². The molecule has 0 fully saturated rings. The van der Waals surface area contributed by atoms with E-state index in [2.05, 4.69) is 217 Å². The predicted octanol–water partition coefficient (Wildman–Crippen LogP) is 15.9. The van der Waals surface area contributed by atoms with Gasteiger partial charge in [0.2, 0.25) is 0 Å². The molecule has 1 aliphatic rings. The Morgan fingerprint density at radius 3 is 1.38 bits per heavy atom. The summed E-state index contributed by atoms with van der Waals surface area (Å²) in [7, 11) is 0. The van der Waals surface area contributed by atoms with Gasteiger partial charge in [-0.3, -0.25) is 0 Å². The van der Waals surface area contributed by atoms with Crippen molar-refractivity contribution in [1.29, 1.82) is 0 Å². The Bertz CT molecular complexity index is 3190. The molecule has 0 unspecified atom stereocenters. The van der Waals surface area contributed by atoms with Gasteiger partial charge in [-0.2, -0.15) is 0 Å². The van der Waals surface area contributed by atoms with E-state index in [-0.39, 0.29) is 0 Å². The molecule has 11 aromatic rings. The van der Waals surface area contributed by atoms with Gasteiger partial charge in [-0.1, -0.05) is 158 Å². The van der Waals surface area contributed by atoms with Crippen molar-refractivity contribution in [3.8, 4) is 22.3 Å². The molecule has 2 aromatic heterocycles. The number of fused-ring (bicyclic) bond motifs is 9. The van der Waals surface area contributed by atoms with E-state index in [1.54, 1.807) is 0 Å². The third-order valence-corrected chi connectivity index (χ3v) is 14.4. The minimum atomic E-state index is -0.433. The van der Waals surface area contributed by atoms with Gasteiger partial charge in [0.1, 0.15) is 0 Å². The second kappa shape index (κ2) is 13.1. The highest BCUT2D eigenvalue weighted by Crippen LogP contribution is 2.57. The molecule has 1 aliphatic carbocycles. The molecule has 0 saturated heterocycles. The molecule has 9 aromatic carbocycles. The molecule has 0 bridgehead atoms. The summed E-state index contributed by atoms with van der Waals surface area (Å²) in [4.78, 5) is 2.42. The molecule has 0 aliphatic heterocycles. The molecule has 3 heteroatoms. The van der Waals surface area contributed by atoms with E-state index in [1.807, 2.05) is 22.7 Å². The molecule has 58 heavy (non-hydrogen) atoms. The standard InChI is InChI=1S/C55H35NS2/c1-3-13-38(14-4-1)55(39-15-5-2-6-16-39)49-20-10-7-17-43(49)44-30-25-37(33-50(44)55)36-23-26-40(27-24-36)56(41-28-31-47-45-18-8-11-21-51(45)57-53(47)34-41)42-29-32-48-46-19-9-12-22-52(46)58-54(48)35-42/h1-35H. The molecule has 0 amide bonds. The zero-order valence-electron chi connectivity index (χ0n) is 31.5. The van der Waals surface area contributed by atoms with E-state index < -0.39 is 5.41 Å². The van der Waals surface area contributed by atoms with E-state index in [0.717, 1.165) is 17.1 Å². The van der Waals surface area contributed by atoms with Crippen LogP contribution in [0.3, 0.4) is 0 Å². The lowest BCUT2D eigenvalue weighted by Crippen LogP contribution is -2.28. The van der Waals surface area contributed by atoms with Crippen LogP contribution in [-0.2, 0) is 5.41 Å². The summed E-state index contributed by atoms with van der Waals surface area (Å²) < 4.78 is 5.22. The molecule has 272 valence electrons. The molecule has 12 rings (SSSR count). The smallest absolute Gasteiger partial charge is 0.0713 e. The van der Waals surface area contributed by atoms with Crippen LogP contribution in [0.4, 0.5) is 17.1 Å². The van der Waals surface area contributed by atoms with Gasteiger partial charge in [0, 0.05) is 57.4 Å². The van der Waals surface area contributed by atoms with Crippen molar-refractivity contribution in [2.45, 2.75) is 5.41 Å². The third kappa shape index (κ3) is 5.00. The lowest BCUT2D eigenvalue weighted by atomic mass is 9.67. The van der Waals surface area contributed by atoms with E-state index in [4.69, 9.17) is 0 Å². The molecule has 2 heterocycles. The Labute approximate surface area is 345 Å². The summed E-state index contributed by atoms with van der Waals surface area (Å²) in [6.07, 6.45) is 0. The molecular weight excluding hydrogens is 739 g/mol. The second-order valence-corrected chi connectivity index (χ2v) is 17.4. The van der Waals surface area contributed by atoms with Gasteiger partial charge < -0.3 is 4.90 Å². The fourth-order valence-corrected chi connectivity index (χ4v) is 11.9. The summed E-state index contributed by atoms with van der Waals surface area (Å²) in [5.74, 6) is 0. The van der Waals surface area contributed by atoms with Crippen LogP contribution in [0.2, 0.25) is 0 Å². The highest BCUT2D eigenvalue weighted by molar-refractivity contribution is 7.26. The summed E-state index contributed by atoms with van der Waals surface area (Å²) in [5, 5.41) is 5.25. The summed E-state index contributed by atoms with van der Waals surface area (Å²) in [6, 6.07) is 78.8. The first kappa shape index (κ1) is 33.4. The van der Waals surface area contributed by atoms with Crippen LogP contribution in [0.15, 0.2) is 212 Å². The van der Waals surface area contributed by atoms with Crippen LogP contribution >= 0.6 is 22.7 Å². The Kier molecular flexibility index (Phi) is 7.56. The molecule has 1 nitrogen and oxygen atoms in total. The van der Waals surface area contributed by atoms with Crippen molar-refractivity contribution in [1.82, 2.24) is 0 Å². The van der Waals surface area contributed by atoms with Gasteiger partial charge in [-0.05, 0) is 99.1 Å². The van der Waals surface area contributed by atoms with Crippen molar-refractivity contribution in [3.63, 3.8) is 0 Å². The average Bonchev–Trinajstić information content (AvgIpc) is 3.95. The van der Waals surface area contributed by atoms with Crippen molar-refractivity contribution in [2.75, 3.05) is 4.90 Å². The lowest BCUT2D eigenvalue weighted by Gasteiger charge is -2.34. The largest absolute Gasteiger partial charge is 0.310 e. The normalized spacial score (nSPS) is 13.0. The lowest BCUT2D eigenvalue weighted by molar-refractivity contribution is 0.769. The topological polar surface area (TPSA) is 3.24 Å². The van der Waals surface area contributed by atoms with Gasteiger partial charge in [0.15, 0.2) is 0 Å². The zero-order valence-corrected chi connectivity index (χ0v) is 33.1. The maximum Gasteiger partial charge on any atom is 0.0713 e. The summed E-state index contributed by atoms with van der Waals surface area (Å²) in [5.41, 5.74) is 13.2. The number of anilines is 3. The highest BCUT2D eigenvalue weighted by Gasteiger charge is 2.46. The van der Waals surface area contributed by atoms with Gasteiger partial charge in [0.25, 0.3) is 0 Å².